The minimum absolute atomic E-state index is 0.0490. The summed E-state index contributed by atoms with van der Waals surface area (Å²) in [6.07, 6.45) is 2.69. The first-order valence-corrected chi connectivity index (χ1v) is 9.07. The van der Waals surface area contributed by atoms with E-state index >= 15 is 0 Å². The molecule has 2 aromatic carbocycles. The predicted molar refractivity (Wildman–Crippen MR) is 108 cm³/mol. The summed E-state index contributed by atoms with van der Waals surface area (Å²) in [5.41, 5.74) is 2.39. The van der Waals surface area contributed by atoms with Crippen LogP contribution in [0.4, 0.5) is 0 Å². The van der Waals surface area contributed by atoms with Gasteiger partial charge in [0.2, 0.25) is 0 Å². The van der Waals surface area contributed by atoms with Crippen molar-refractivity contribution in [2.24, 2.45) is 0 Å². The van der Waals surface area contributed by atoms with Crippen LogP contribution >= 0.6 is 11.6 Å². The molecule has 140 valence electrons. The molecule has 28 heavy (non-hydrogen) atoms. The van der Waals surface area contributed by atoms with Gasteiger partial charge in [-0.2, -0.15) is 5.26 Å². The van der Waals surface area contributed by atoms with Crippen LogP contribution in [0.1, 0.15) is 17.8 Å². The van der Waals surface area contributed by atoms with Crippen molar-refractivity contribution in [1.29, 1.82) is 5.26 Å². The molecule has 0 amide bonds. The highest BCUT2D eigenvalue weighted by molar-refractivity contribution is 6.31. The van der Waals surface area contributed by atoms with E-state index in [-0.39, 0.29) is 12.2 Å². The molecule has 7 heteroatoms. The molecule has 1 aromatic heterocycles. The van der Waals surface area contributed by atoms with Crippen LogP contribution < -0.4 is 15.0 Å². The number of nitriles is 1. The van der Waals surface area contributed by atoms with E-state index in [1.165, 1.54) is 0 Å². The van der Waals surface area contributed by atoms with Crippen LogP contribution in [0.3, 0.4) is 0 Å². The fraction of sp³-hybridized carbons (Fsp3) is 0.190. The summed E-state index contributed by atoms with van der Waals surface area (Å²) < 4.78 is 12.4. The minimum atomic E-state index is -0.0575. The van der Waals surface area contributed by atoms with Gasteiger partial charge in [0.1, 0.15) is 11.9 Å². The van der Waals surface area contributed by atoms with E-state index in [9.17, 15) is 4.79 Å². The third-order valence-corrected chi connectivity index (χ3v) is 4.87. The summed E-state index contributed by atoms with van der Waals surface area (Å²) in [5.74, 6) is 1.70. The van der Waals surface area contributed by atoms with Crippen LogP contribution in [-0.2, 0) is 6.54 Å². The number of hydrogen-bond acceptors (Lipinski definition) is 5. The van der Waals surface area contributed by atoms with Gasteiger partial charge in [-0.3, -0.25) is 9.36 Å². The monoisotopic (exact) mass is 393 g/mol. The van der Waals surface area contributed by atoms with Crippen LogP contribution in [0, 0.1) is 11.3 Å². The molecule has 0 radical (unpaired) electrons. The summed E-state index contributed by atoms with van der Waals surface area (Å²) >= 11 is 6.06. The highest BCUT2D eigenvalue weighted by atomic mass is 35.5. The third kappa shape index (κ3) is 3.21. The van der Waals surface area contributed by atoms with Crippen LogP contribution in [0.15, 0.2) is 41.2 Å². The number of aromatic nitrogens is 2. The lowest BCUT2D eigenvalue weighted by molar-refractivity contribution is 0.329. The zero-order valence-corrected chi connectivity index (χ0v) is 15.9. The molecule has 0 aliphatic carbocycles. The second kappa shape index (κ2) is 7.37. The Hall–Kier alpha value is -3.30. The number of methoxy groups -OCH3 is 1. The maximum atomic E-state index is 12.8. The van der Waals surface area contributed by atoms with Crippen LogP contribution in [-0.4, -0.2) is 23.3 Å². The molecule has 0 fully saturated rings. The van der Waals surface area contributed by atoms with Gasteiger partial charge in [-0.25, -0.2) is 4.98 Å². The smallest absolute Gasteiger partial charge is 0.261 e. The molecule has 6 nitrogen and oxygen atoms in total. The van der Waals surface area contributed by atoms with Crippen molar-refractivity contribution in [3.05, 3.63) is 63.2 Å². The first kappa shape index (κ1) is 18.1. The van der Waals surface area contributed by atoms with E-state index in [1.807, 2.05) is 24.3 Å². The highest BCUT2D eigenvalue weighted by Crippen LogP contribution is 2.32. The molecular weight excluding hydrogens is 378 g/mol. The second-order valence-electron chi connectivity index (χ2n) is 6.33. The maximum absolute atomic E-state index is 12.8. The van der Waals surface area contributed by atoms with Crippen LogP contribution in [0.2, 0.25) is 5.02 Å². The summed E-state index contributed by atoms with van der Waals surface area (Å²) in [5, 5.41) is 9.79. The number of nitrogens with zero attached hydrogens (tertiary/aromatic N) is 3. The topological polar surface area (TPSA) is 77.1 Å². The Kier molecular flexibility index (Phi) is 4.76. The fourth-order valence-electron chi connectivity index (χ4n) is 3.33. The Morgan fingerprint density at radius 3 is 2.93 bits per heavy atom. The predicted octanol–water partition coefficient (Wildman–Crippen LogP) is 3.91. The molecule has 1 aliphatic rings. The minimum Gasteiger partial charge on any atom is -0.493 e. The molecule has 1 aliphatic heterocycles. The number of hydrogen-bond donors (Lipinski definition) is 0. The molecular formula is C21H16ClN3O3. The summed E-state index contributed by atoms with van der Waals surface area (Å²) in [4.78, 5) is 17.4. The average Bonchev–Trinajstić information content (AvgIpc) is 3.09. The lowest BCUT2D eigenvalue weighted by Gasteiger charge is -2.09. The van der Waals surface area contributed by atoms with Gasteiger partial charge in [0, 0.05) is 11.6 Å². The van der Waals surface area contributed by atoms with E-state index < -0.39 is 0 Å². The Balaban J connectivity index is 1.77. The molecule has 0 unspecified atom stereocenters. The van der Waals surface area contributed by atoms with E-state index in [1.54, 1.807) is 35.9 Å². The van der Waals surface area contributed by atoms with E-state index in [0.717, 1.165) is 11.1 Å². The van der Waals surface area contributed by atoms with Crippen molar-refractivity contribution in [2.45, 2.75) is 13.0 Å². The Bertz CT molecular complexity index is 1210. The van der Waals surface area contributed by atoms with Gasteiger partial charge >= 0.3 is 0 Å². The van der Waals surface area contributed by atoms with E-state index in [2.05, 4.69) is 4.98 Å². The lowest BCUT2D eigenvalue weighted by atomic mass is 10.1. The standard InChI is InChI=1S/C21H16ClN3O3/c1-27-19-11-13(2-5-18(19)28-9-7-23)10-14-6-8-25-20(14)24-17-12-15(22)3-4-16(17)21(25)26/h2-5,10-12H,6,8-9H2,1H3/b14-10+. The first-order valence-electron chi connectivity index (χ1n) is 8.69. The van der Waals surface area contributed by atoms with Crippen molar-refractivity contribution in [2.75, 3.05) is 13.7 Å². The highest BCUT2D eigenvalue weighted by Gasteiger charge is 2.21. The SMILES string of the molecule is COc1cc(/C=C2\CCn3c2nc2cc(Cl)ccc2c3=O)ccc1OCC#N. The molecule has 3 aromatic rings. The molecule has 0 saturated heterocycles. The summed E-state index contributed by atoms with van der Waals surface area (Å²) in [6.45, 7) is 0.540. The van der Waals surface area contributed by atoms with E-state index in [4.69, 9.17) is 26.3 Å². The van der Waals surface area contributed by atoms with Crippen molar-refractivity contribution in [3.63, 3.8) is 0 Å². The fourth-order valence-corrected chi connectivity index (χ4v) is 3.50. The normalized spacial score (nSPS) is 14.1. The molecule has 2 heterocycles. The molecule has 0 spiro atoms. The van der Waals surface area contributed by atoms with E-state index in [0.29, 0.717) is 46.2 Å². The van der Waals surface area contributed by atoms with Crippen molar-refractivity contribution in [1.82, 2.24) is 9.55 Å². The number of allylic oxidation sites excluding steroid dienone is 1. The number of rotatable bonds is 4. The number of benzene rings is 2. The summed E-state index contributed by atoms with van der Waals surface area (Å²) in [6, 6.07) is 12.5. The zero-order chi connectivity index (χ0) is 19.7. The van der Waals surface area contributed by atoms with Gasteiger partial charge in [-0.15, -0.1) is 0 Å². The molecule has 0 saturated carbocycles. The quantitative estimate of drug-likeness (QED) is 0.671. The van der Waals surface area contributed by atoms with Gasteiger partial charge < -0.3 is 9.47 Å². The van der Waals surface area contributed by atoms with Crippen molar-refractivity contribution < 1.29 is 9.47 Å². The first-order chi connectivity index (χ1) is 13.6. The Morgan fingerprint density at radius 1 is 1.29 bits per heavy atom. The second-order valence-corrected chi connectivity index (χ2v) is 6.77. The Labute approximate surface area is 166 Å². The molecule has 4 rings (SSSR count). The van der Waals surface area contributed by atoms with Crippen molar-refractivity contribution in [3.8, 4) is 17.6 Å². The zero-order valence-electron chi connectivity index (χ0n) is 15.1. The molecule has 0 atom stereocenters. The van der Waals surface area contributed by atoms with Crippen LogP contribution in [0.5, 0.6) is 11.5 Å². The molecule has 0 bridgehead atoms. The Morgan fingerprint density at radius 2 is 2.14 bits per heavy atom. The van der Waals surface area contributed by atoms with Gasteiger partial charge in [0.15, 0.2) is 18.1 Å². The summed E-state index contributed by atoms with van der Waals surface area (Å²) in [7, 11) is 1.55. The van der Waals surface area contributed by atoms with Gasteiger partial charge in [-0.05, 0) is 54.0 Å². The third-order valence-electron chi connectivity index (χ3n) is 4.63. The maximum Gasteiger partial charge on any atom is 0.261 e. The molecule has 0 N–H and O–H groups in total. The average molecular weight is 394 g/mol. The largest absolute Gasteiger partial charge is 0.493 e. The lowest BCUT2D eigenvalue weighted by Crippen LogP contribution is -2.20. The van der Waals surface area contributed by atoms with Crippen molar-refractivity contribution >= 4 is 34.2 Å². The van der Waals surface area contributed by atoms with Gasteiger partial charge in [0.25, 0.3) is 5.56 Å². The number of fused-ring (bicyclic) bond motifs is 2. The number of halogens is 1. The number of ether oxygens (including phenoxy) is 2. The van der Waals surface area contributed by atoms with Gasteiger partial charge in [0.05, 0.1) is 18.0 Å². The van der Waals surface area contributed by atoms with Gasteiger partial charge in [-0.1, -0.05) is 17.7 Å². The van der Waals surface area contributed by atoms with Crippen LogP contribution in [0.25, 0.3) is 22.6 Å².